The van der Waals surface area contributed by atoms with Crippen LogP contribution in [0.2, 0.25) is 0 Å². The van der Waals surface area contributed by atoms with Crippen LogP contribution in [0, 0.1) is 0 Å². The molecule has 9 heteroatoms. The first-order valence-electron chi connectivity index (χ1n) is 13.2. The third-order valence-electron chi connectivity index (χ3n) is 6.66. The van der Waals surface area contributed by atoms with Crippen molar-refractivity contribution in [3.8, 4) is 0 Å². The van der Waals surface area contributed by atoms with E-state index in [-0.39, 0.29) is 17.6 Å². The van der Waals surface area contributed by atoms with Crippen LogP contribution >= 0.6 is 0 Å². The minimum Gasteiger partial charge on any atom is -0.464 e. The van der Waals surface area contributed by atoms with E-state index in [9.17, 15) is 14.7 Å². The van der Waals surface area contributed by atoms with Crippen molar-refractivity contribution in [3.05, 3.63) is 53.9 Å². The largest absolute Gasteiger partial charge is 0.464 e. The number of hydrogen-bond donors (Lipinski definition) is 3. The number of aliphatic hydroxyl groups is 1. The van der Waals surface area contributed by atoms with Crippen molar-refractivity contribution >= 4 is 34.3 Å². The van der Waals surface area contributed by atoms with Gasteiger partial charge >= 0.3 is 5.97 Å². The Morgan fingerprint density at radius 1 is 1.29 bits per heavy atom. The molecule has 0 unspecified atom stereocenters. The van der Waals surface area contributed by atoms with Gasteiger partial charge in [0.25, 0.3) is 5.91 Å². The van der Waals surface area contributed by atoms with Gasteiger partial charge in [-0.05, 0) is 64.5 Å². The molecule has 1 saturated heterocycles. The van der Waals surface area contributed by atoms with E-state index >= 15 is 0 Å². The molecular formula is C29H38N4O5. The van der Waals surface area contributed by atoms with Crippen LogP contribution in [0.1, 0.15) is 62.5 Å². The summed E-state index contributed by atoms with van der Waals surface area (Å²) in [5.41, 5.74) is 2.32. The van der Waals surface area contributed by atoms with Crippen molar-refractivity contribution in [1.29, 1.82) is 0 Å². The van der Waals surface area contributed by atoms with Gasteiger partial charge in [-0.2, -0.15) is 0 Å². The molecule has 1 aromatic carbocycles. The maximum atomic E-state index is 13.1. The number of fused-ring (bicyclic) bond motifs is 1. The van der Waals surface area contributed by atoms with Gasteiger partial charge in [0.1, 0.15) is 11.8 Å². The number of nitrogens with zero attached hydrogens (tertiary/aromatic N) is 2. The van der Waals surface area contributed by atoms with Crippen LogP contribution in [0.5, 0.6) is 0 Å². The third kappa shape index (κ3) is 6.71. The van der Waals surface area contributed by atoms with Crippen LogP contribution in [-0.2, 0) is 27.2 Å². The van der Waals surface area contributed by atoms with Crippen molar-refractivity contribution < 1.29 is 24.2 Å². The van der Waals surface area contributed by atoms with Crippen LogP contribution in [0.3, 0.4) is 0 Å². The van der Waals surface area contributed by atoms with Crippen LogP contribution in [0.4, 0.5) is 11.4 Å². The van der Waals surface area contributed by atoms with Crippen molar-refractivity contribution in [2.75, 3.05) is 24.4 Å². The Kier molecular flexibility index (Phi) is 8.69. The summed E-state index contributed by atoms with van der Waals surface area (Å²) < 4.78 is 12.6. The van der Waals surface area contributed by atoms with Gasteiger partial charge in [0.05, 0.1) is 30.3 Å². The van der Waals surface area contributed by atoms with E-state index in [2.05, 4.69) is 22.8 Å². The van der Waals surface area contributed by atoms with Crippen molar-refractivity contribution in [2.24, 2.45) is 0 Å². The fourth-order valence-electron chi connectivity index (χ4n) is 5.12. The SMILES string of the molecule is COC(=O)c1c(NC(=O)[C@@H]2CCCO2)c2cc(N[C@H](C)CC(C)(C)O)cnc2n1CCCc1ccccc1. The van der Waals surface area contributed by atoms with E-state index in [4.69, 9.17) is 14.5 Å². The summed E-state index contributed by atoms with van der Waals surface area (Å²) in [4.78, 5) is 30.9. The number of hydrogen-bond acceptors (Lipinski definition) is 7. The number of carbonyl (C=O) groups is 2. The van der Waals surface area contributed by atoms with Crippen LogP contribution < -0.4 is 10.6 Å². The number of aryl methyl sites for hydroxylation is 2. The molecule has 1 aliphatic heterocycles. The number of carbonyl (C=O) groups excluding carboxylic acids is 2. The average molecular weight is 523 g/mol. The lowest BCUT2D eigenvalue weighted by Gasteiger charge is -2.23. The first kappa shape index (κ1) is 27.6. The standard InChI is InChI=1S/C29H38N4O5/c1-19(17-29(2,3)36)31-21-16-22-24(32-27(34)23-13-9-15-38-23)25(28(35)37-4)33(26(22)30-18-21)14-8-12-20-10-6-5-7-11-20/h5-7,10-11,16,18-19,23,31,36H,8-9,12-15,17H2,1-4H3,(H,32,34)/t19-,23+/m1/s1. The molecule has 204 valence electrons. The molecule has 9 nitrogen and oxygen atoms in total. The monoisotopic (exact) mass is 522 g/mol. The second-order valence-corrected chi connectivity index (χ2v) is 10.6. The lowest BCUT2D eigenvalue weighted by atomic mass is 10.0. The van der Waals surface area contributed by atoms with Crippen LogP contribution in [0.15, 0.2) is 42.6 Å². The Morgan fingerprint density at radius 3 is 2.71 bits per heavy atom. The van der Waals surface area contributed by atoms with Gasteiger partial charge in [-0.3, -0.25) is 4.79 Å². The normalized spacial score (nSPS) is 16.4. The highest BCUT2D eigenvalue weighted by Crippen LogP contribution is 2.34. The maximum absolute atomic E-state index is 13.1. The van der Waals surface area contributed by atoms with Gasteiger partial charge in [-0.15, -0.1) is 0 Å². The Morgan fingerprint density at radius 2 is 2.05 bits per heavy atom. The zero-order valence-corrected chi connectivity index (χ0v) is 22.6. The van der Waals surface area contributed by atoms with E-state index in [1.54, 1.807) is 20.0 Å². The molecule has 4 rings (SSSR count). The van der Waals surface area contributed by atoms with E-state index < -0.39 is 17.7 Å². The summed E-state index contributed by atoms with van der Waals surface area (Å²) in [6.07, 6.45) is 4.73. The molecule has 3 heterocycles. The van der Waals surface area contributed by atoms with Gasteiger partial charge in [0, 0.05) is 24.6 Å². The highest BCUT2D eigenvalue weighted by molar-refractivity contribution is 6.12. The highest BCUT2D eigenvalue weighted by atomic mass is 16.5. The number of nitrogens with one attached hydrogen (secondary N) is 2. The maximum Gasteiger partial charge on any atom is 0.356 e. The number of benzene rings is 1. The molecule has 1 aliphatic rings. The molecule has 0 bridgehead atoms. The minimum atomic E-state index is -0.829. The molecule has 0 aliphatic carbocycles. The Hall–Kier alpha value is -3.43. The number of aromatic nitrogens is 2. The summed E-state index contributed by atoms with van der Waals surface area (Å²) in [6.45, 7) is 6.57. The molecular weight excluding hydrogens is 484 g/mol. The fraction of sp³-hybridized carbons (Fsp3) is 0.483. The first-order valence-corrected chi connectivity index (χ1v) is 13.2. The Bertz CT molecular complexity index is 1260. The minimum absolute atomic E-state index is 0.0350. The lowest BCUT2D eigenvalue weighted by Crippen LogP contribution is -2.29. The van der Waals surface area contributed by atoms with Crippen molar-refractivity contribution in [3.63, 3.8) is 0 Å². The van der Waals surface area contributed by atoms with E-state index in [0.717, 1.165) is 24.9 Å². The number of rotatable bonds is 11. The van der Waals surface area contributed by atoms with Crippen LogP contribution in [-0.4, -0.2) is 58.0 Å². The topological polar surface area (TPSA) is 115 Å². The second kappa shape index (κ2) is 12.0. The molecule has 1 fully saturated rings. The highest BCUT2D eigenvalue weighted by Gasteiger charge is 2.30. The summed E-state index contributed by atoms with van der Waals surface area (Å²) in [7, 11) is 1.33. The van der Waals surface area contributed by atoms with Gasteiger partial charge in [0.2, 0.25) is 0 Å². The number of anilines is 2. The molecule has 2 atom stereocenters. The summed E-state index contributed by atoms with van der Waals surface area (Å²) >= 11 is 0. The summed E-state index contributed by atoms with van der Waals surface area (Å²) in [5, 5.41) is 17.2. The molecule has 38 heavy (non-hydrogen) atoms. The molecule has 0 radical (unpaired) electrons. The van der Waals surface area contributed by atoms with E-state index in [1.807, 2.05) is 35.8 Å². The predicted octanol–water partition coefficient (Wildman–Crippen LogP) is 4.53. The molecule has 0 saturated carbocycles. The predicted molar refractivity (Wildman–Crippen MR) is 147 cm³/mol. The van der Waals surface area contributed by atoms with Gasteiger partial charge in [0.15, 0.2) is 5.69 Å². The average Bonchev–Trinajstić information content (AvgIpc) is 3.51. The lowest BCUT2D eigenvalue weighted by molar-refractivity contribution is -0.124. The van der Waals surface area contributed by atoms with Crippen molar-refractivity contribution in [1.82, 2.24) is 9.55 Å². The van der Waals surface area contributed by atoms with E-state index in [0.29, 0.717) is 42.7 Å². The van der Waals surface area contributed by atoms with Crippen molar-refractivity contribution in [2.45, 2.75) is 77.2 Å². The molecule has 2 aromatic heterocycles. The molecule has 3 N–H and O–H groups in total. The zero-order valence-electron chi connectivity index (χ0n) is 22.6. The molecule has 0 spiro atoms. The molecule has 3 aromatic rings. The van der Waals surface area contributed by atoms with Gasteiger partial charge in [-0.1, -0.05) is 30.3 Å². The number of ether oxygens (including phenoxy) is 2. The number of amides is 1. The number of esters is 1. The smallest absolute Gasteiger partial charge is 0.356 e. The quantitative estimate of drug-likeness (QED) is 0.317. The summed E-state index contributed by atoms with van der Waals surface area (Å²) in [6, 6.07) is 12.0. The zero-order chi connectivity index (χ0) is 27.3. The van der Waals surface area contributed by atoms with Gasteiger partial charge < -0.3 is 29.8 Å². The third-order valence-corrected chi connectivity index (χ3v) is 6.66. The Balaban J connectivity index is 1.72. The molecule has 1 amide bonds. The van der Waals surface area contributed by atoms with E-state index in [1.165, 1.54) is 12.7 Å². The number of pyridine rings is 1. The first-order chi connectivity index (χ1) is 18.2. The Labute approximate surface area is 223 Å². The second-order valence-electron chi connectivity index (χ2n) is 10.6. The summed E-state index contributed by atoms with van der Waals surface area (Å²) in [5.74, 6) is -0.833. The van der Waals surface area contributed by atoms with Crippen LogP contribution in [0.25, 0.3) is 11.0 Å². The van der Waals surface area contributed by atoms with Gasteiger partial charge in [-0.25, -0.2) is 9.78 Å². The number of methoxy groups -OCH3 is 1. The fourth-order valence-corrected chi connectivity index (χ4v) is 5.12.